The van der Waals surface area contributed by atoms with Crippen molar-refractivity contribution in [3.63, 3.8) is 0 Å². The molecule has 7 heteroatoms. The van der Waals surface area contributed by atoms with Gasteiger partial charge in [0.05, 0.1) is 0 Å². The highest BCUT2D eigenvalue weighted by molar-refractivity contribution is 6.64. The zero-order valence-corrected chi connectivity index (χ0v) is 27.9. The number of allylic oxidation sites excluding steroid dienone is 4. The third-order valence-electron chi connectivity index (χ3n) is 9.46. The third-order valence-corrected chi connectivity index (χ3v) is 9.46. The zero-order chi connectivity index (χ0) is 34.2. The van der Waals surface area contributed by atoms with Gasteiger partial charge in [0.25, 0.3) is 0 Å². The number of nitrogens with zero attached hydrogens (tertiary/aromatic N) is 3. The van der Waals surface area contributed by atoms with Crippen LogP contribution >= 0.6 is 0 Å². The van der Waals surface area contributed by atoms with Gasteiger partial charge in [-0.25, -0.2) is 15.0 Å². The highest BCUT2D eigenvalue weighted by atomic mass is 15.0. The molecule has 5 aromatic carbocycles. The van der Waals surface area contributed by atoms with Gasteiger partial charge in [-0.05, 0) is 71.2 Å². The Morgan fingerprint density at radius 1 is 0.531 bits per heavy atom. The number of hydrogen-bond acceptors (Lipinski definition) is 3. The Balaban J connectivity index is 1.32. The van der Waals surface area contributed by atoms with Crippen LogP contribution in [-0.2, 0) is 0 Å². The Kier molecular flexibility index (Phi) is 8.86. The van der Waals surface area contributed by atoms with E-state index in [0.29, 0.717) is 39.3 Å². The Hall–Kier alpha value is -5.15. The van der Waals surface area contributed by atoms with Crippen molar-refractivity contribution in [3.8, 4) is 45.0 Å². The van der Waals surface area contributed by atoms with E-state index in [1.165, 1.54) is 16.7 Å². The number of aromatic nitrogens is 3. The molecule has 3 nitrogen and oxygen atoms in total. The molecule has 0 fully saturated rings. The Bertz CT molecular complexity index is 2170. The van der Waals surface area contributed by atoms with Gasteiger partial charge < -0.3 is 0 Å². The molecular formula is C42H31B4N3. The van der Waals surface area contributed by atoms with Gasteiger partial charge in [-0.3, -0.25) is 0 Å². The highest BCUT2D eigenvalue weighted by Crippen LogP contribution is 2.41. The third kappa shape index (κ3) is 6.15. The minimum atomic E-state index is 0.287. The second-order valence-corrected chi connectivity index (χ2v) is 12.7. The first-order chi connectivity index (χ1) is 23.7. The van der Waals surface area contributed by atoms with Gasteiger partial charge in [-0.15, -0.1) is 16.4 Å². The van der Waals surface area contributed by atoms with E-state index in [1.807, 2.05) is 67.6 Å². The van der Waals surface area contributed by atoms with Crippen LogP contribution in [0.2, 0.25) is 0 Å². The standard InChI is InChI=1S/C42H31B4N3/c1-24-17-18-31(42-48-40(29-12-6-4-7-13-29)47-41(49-42)30-14-8-5-9-15-30)23-33(24)34-25(2)11-10-16-32(34)27-19-21-28(22-20-27)35-26(3)36(43)38(45)39(46)37(35)44/h4-16,18-24H,17H2,1-3H3. The van der Waals surface area contributed by atoms with Crippen LogP contribution in [0.25, 0.3) is 56.2 Å². The van der Waals surface area contributed by atoms with E-state index in [9.17, 15) is 0 Å². The molecule has 49 heavy (non-hydrogen) atoms. The van der Waals surface area contributed by atoms with Gasteiger partial charge in [-0.1, -0.05) is 127 Å². The summed E-state index contributed by atoms with van der Waals surface area (Å²) < 4.78 is 0. The van der Waals surface area contributed by atoms with Crippen molar-refractivity contribution < 1.29 is 0 Å². The SMILES string of the molecule is [B]c1c([B])c([B])c(-c2ccc(-c3cccc(C)c3C3=CC(c4nc(-c5ccccc5)nc(-c5ccccc5)n4)=CCC3C)cc2)c(C)c1[B]. The van der Waals surface area contributed by atoms with E-state index in [1.54, 1.807) is 0 Å². The van der Waals surface area contributed by atoms with E-state index in [2.05, 4.69) is 68.5 Å². The largest absolute Gasteiger partial charge is 0.208 e. The lowest BCUT2D eigenvalue weighted by molar-refractivity contribution is 0.759. The van der Waals surface area contributed by atoms with Crippen LogP contribution in [0.15, 0.2) is 115 Å². The maximum absolute atomic E-state index is 6.45. The van der Waals surface area contributed by atoms with Crippen molar-refractivity contribution in [2.24, 2.45) is 5.92 Å². The number of rotatable bonds is 6. The molecule has 6 aromatic rings. The van der Waals surface area contributed by atoms with Crippen LogP contribution in [0.3, 0.4) is 0 Å². The fourth-order valence-corrected chi connectivity index (χ4v) is 6.65. The van der Waals surface area contributed by atoms with Crippen molar-refractivity contribution in [2.75, 3.05) is 0 Å². The van der Waals surface area contributed by atoms with Crippen LogP contribution in [0.4, 0.5) is 0 Å². The molecule has 1 unspecified atom stereocenters. The molecule has 0 bridgehead atoms. The van der Waals surface area contributed by atoms with Gasteiger partial charge in [0.1, 0.15) is 31.4 Å². The summed E-state index contributed by atoms with van der Waals surface area (Å²) in [4.78, 5) is 14.9. The molecule has 0 spiro atoms. The molecule has 0 N–H and O–H groups in total. The van der Waals surface area contributed by atoms with Crippen LogP contribution in [0.5, 0.6) is 0 Å². The molecule has 1 aliphatic rings. The molecule has 1 aromatic heterocycles. The summed E-state index contributed by atoms with van der Waals surface area (Å²) in [6.45, 7) is 6.37. The summed E-state index contributed by atoms with van der Waals surface area (Å²) in [6.07, 6.45) is 5.37. The molecule has 226 valence electrons. The van der Waals surface area contributed by atoms with Crippen LogP contribution in [0.1, 0.15) is 35.9 Å². The van der Waals surface area contributed by atoms with Gasteiger partial charge >= 0.3 is 0 Å². The predicted molar refractivity (Wildman–Crippen MR) is 209 cm³/mol. The second kappa shape index (κ2) is 13.4. The minimum Gasteiger partial charge on any atom is -0.208 e. The zero-order valence-electron chi connectivity index (χ0n) is 27.9. The van der Waals surface area contributed by atoms with E-state index in [0.717, 1.165) is 50.9 Å². The van der Waals surface area contributed by atoms with Crippen LogP contribution < -0.4 is 21.9 Å². The van der Waals surface area contributed by atoms with Gasteiger partial charge in [0.2, 0.25) is 0 Å². The summed E-state index contributed by atoms with van der Waals surface area (Å²) in [5.74, 6) is 2.24. The first-order valence-corrected chi connectivity index (χ1v) is 16.4. The monoisotopic (exact) mass is 621 g/mol. The Labute approximate surface area is 294 Å². The lowest BCUT2D eigenvalue weighted by Crippen LogP contribution is -2.49. The molecule has 1 aliphatic carbocycles. The lowest BCUT2D eigenvalue weighted by Gasteiger charge is -2.25. The summed E-state index contributed by atoms with van der Waals surface area (Å²) >= 11 is 0. The van der Waals surface area contributed by atoms with Crippen molar-refractivity contribution in [1.29, 1.82) is 0 Å². The molecule has 0 aliphatic heterocycles. The topological polar surface area (TPSA) is 38.7 Å². The van der Waals surface area contributed by atoms with Gasteiger partial charge in [0.15, 0.2) is 17.5 Å². The Morgan fingerprint density at radius 3 is 1.69 bits per heavy atom. The molecule has 0 amide bonds. The van der Waals surface area contributed by atoms with Crippen molar-refractivity contribution >= 4 is 64.4 Å². The summed E-state index contributed by atoms with van der Waals surface area (Å²) in [6, 6.07) is 35.0. The quantitative estimate of drug-likeness (QED) is 0.220. The lowest BCUT2D eigenvalue weighted by atomic mass is 9.63. The molecule has 8 radical (unpaired) electrons. The van der Waals surface area contributed by atoms with Crippen molar-refractivity contribution in [2.45, 2.75) is 27.2 Å². The van der Waals surface area contributed by atoms with E-state index >= 15 is 0 Å². The second-order valence-electron chi connectivity index (χ2n) is 12.7. The smallest absolute Gasteiger partial charge is 0.164 e. The first kappa shape index (κ1) is 32.4. The molecular weight excluding hydrogens is 590 g/mol. The molecule has 0 saturated heterocycles. The average Bonchev–Trinajstić information content (AvgIpc) is 3.14. The highest BCUT2D eigenvalue weighted by Gasteiger charge is 2.23. The maximum Gasteiger partial charge on any atom is 0.164 e. The number of aryl methyl sites for hydroxylation is 1. The van der Waals surface area contributed by atoms with E-state index in [-0.39, 0.29) is 5.92 Å². The number of hydrogen-bond donors (Lipinski definition) is 0. The summed E-state index contributed by atoms with van der Waals surface area (Å²) in [5.41, 5.74) is 12.9. The van der Waals surface area contributed by atoms with Crippen molar-refractivity contribution in [3.05, 3.63) is 138 Å². The minimum absolute atomic E-state index is 0.287. The summed E-state index contributed by atoms with van der Waals surface area (Å²) in [7, 11) is 25.1. The molecule has 7 rings (SSSR count). The van der Waals surface area contributed by atoms with E-state index < -0.39 is 0 Å². The first-order valence-electron chi connectivity index (χ1n) is 16.4. The van der Waals surface area contributed by atoms with E-state index in [4.69, 9.17) is 46.3 Å². The molecule has 1 atom stereocenters. The fraction of sp³-hybridized carbons (Fsp3) is 0.119. The normalized spacial score (nSPS) is 14.3. The maximum atomic E-state index is 6.45. The van der Waals surface area contributed by atoms with Gasteiger partial charge in [-0.2, -0.15) is 0 Å². The Morgan fingerprint density at radius 2 is 1.08 bits per heavy atom. The predicted octanol–water partition coefficient (Wildman–Crippen LogP) is 5.84. The van der Waals surface area contributed by atoms with Gasteiger partial charge in [0, 0.05) is 16.7 Å². The van der Waals surface area contributed by atoms with Crippen LogP contribution in [-0.4, -0.2) is 46.3 Å². The average molecular weight is 621 g/mol. The fourth-order valence-electron chi connectivity index (χ4n) is 6.65. The number of benzene rings is 5. The van der Waals surface area contributed by atoms with Crippen LogP contribution in [0, 0.1) is 19.8 Å². The van der Waals surface area contributed by atoms with Crippen molar-refractivity contribution in [1.82, 2.24) is 15.0 Å². The molecule has 1 heterocycles. The summed E-state index contributed by atoms with van der Waals surface area (Å²) in [5, 5.41) is 0. The molecule has 0 saturated carbocycles.